The molecule has 45 nitrogen and oxygen atoms in total. The summed E-state index contributed by atoms with van der Waals surface area (Å²) < 4.78 is 0. The predicted octanol–water partition coefficient (Wildman–Crippen LogP) is -1.48. The van der Waals surface area contributed by atoms with Crippen molar-refractivity contribution >= 4 is 130 Å². The molecule has 45 heteroatoms. The average molecular weight is 1840 g/mol. The zero-order valence-electron chi connectivity index (χ0n) is 73.9. The van der Waals surface area contributed by atoms with Crippen molar-refractivity contribution in [2.45, 2.75) is 256 Å². The Morgan fingerprint density at radius 3 is 1.27 bits per heavy atom. The van der Waals surface area contributed by atoms with Crippen LogP contribution in [0.15, 0.2) is 91.4 Å². The summed E-state index contributed by atoms with van der Waals surface area (Å²) in [6.07, 6.45) is -5.21. The first-order valence-corrected chi connectivity index (χ1v) is 42.4. The number of carboxylic acids is 6. The molecule has 1 aliphatic rings. The average Bonchev–Trinajstić information content (AvgIpc) is 1.66. The van der Waals surface area contributed by atoms with E-state index in [1.54, 1.807) is 96.1 Å². The fourth-order valence-corrected chi connectivity index (χ4v) is 13.6. The maximum atomic E-state index is 15.0. The SMILES string of the molecule is CC[C@H](C)[C@H](NC(=O)[C@H](CC(=O)O)NC(=O)[C@H](CC(C)C)NC(=O)[C@H](Cc1c[nH]cn1)NC(=O)[C@H](C)NC(=O)[C@H](Cc1ccccc1)NC(=O)[C@H](Cc1ccc(O)cc1)NC(=O)[C@@H](NC(=O)[C@H](C)NC(=O)[C@H](CCC(=O)O)NC(=O)[C@H](CCC(=O)O)NC(=O)[C@H](CC(=O)O)NC(=O)CCC(=O)O)C(C)C)C(=O)N[C@H](C(=O)N[C@H](CC1C(=O)Nc2ccccc21)C(=O)O)[C@@H](C)CC. The van der Waals surface area contributed by atoms with Crippen LogP contribution >= 0.6 is 0 Å². The Hall–Kier alpha value is -14.5. The molecule has 4 aromatic rings. The highest BCUT2D eigenvalue weighted by atomic mass is 16.4. The number of aliphatic carboxylic acids is 6. The molecule has 1 aromatic heterocycles. The first-order valence-electron chi connectivity index (χ1n) is 42.4. The van der Waals surface area contributed by atoms with Crippen LogP contribution in [0.3, 0.4) is 0 Å². The number of aromatic hydroxyl groups is 1. The van der Waals surface area contributed by atoms with Crippen LogP contribution in [0.2, 0.25) is 0 Å². The Morgan fingerprint density at radius 1 is 0.382 bits per heavy atom. The maximum absolute atomic E-state index is 15.0. The van der Waals surface area contributed by atoms with Crippen molar-refractivity contribution < 1.29 is 136 Å². The maximum Gasteiger partial charge on any atom is 0.326 e. The molecule has 714 valence electrons. The number of rotatable bonds is 56. The van der Waals surface area contributed by atoms with E-state index in [1.807, 2.05) is 5.32 Å². The van der Waals surface area contributed by atoms with Gasteiger partial charge in [0.25, 0.3) is 0 Å². The molecule has 0 radical (unpaired) electrons. The number of hydrogen-bond acceptors (Lipinski definition) is 23. The van der Waals surface area contributed by atoms with Gasteiger partial charge >= 0.3 is 35.8 Å². The van der Waals surface area contributed by atoms with Crippen molar-refractivity contribution in [3.8, 4) is 5.75 Å². The van der Waals surface area contributed by atoms with E-state index in [4.69, 9.17) is 5.11 Å². The number of amides is 15. The second-order valence-corrected chi connectivity index (χ2v) is 32.7. The van der Waals surface area contributed by atoms with E-state index in [0.29, 0.717) is 22.4 Å². The predicted molar refractivity (Wildman–Crippen MR) is 461 cm³/mol. The molecule has 0 bridgehead atoms. The number of imidazole rings is 1. The Morgan fingerprint density at radius 2 is 0.771 bits per heavy atom. The highest BCUT2D eigenvalue weighted by molar-refractivity contribution is 6.05. The zero-order valence-corrected chi connectivity index (χ0v) is 73.9. The van der Waals surface area contributed by atoms with E-state index < -0.39 is 290 Å². The number of phenols is 1. The molecule has 0 saturated carbocycles. The Balaban J connectivity index is 1.35. The Labute approximate surface area is 752 Å². The number of aromatic amines is 1. The van der Waals surface area contributed by atoms with Crippen molar-refractivity contribution in [3.05, 3.63) is 114 Å². The molecule has 0 aliphatic carbocycles. The summed E-state index contributed by atoms with van der Waals surface area (Å²) >= 11 is 0. The van der Waals surface area contributed by atoms with Crippen LogP contribution in [0.5, 0.6) is 5.75 Å². The Bertz CT molecular complexity index is 4740. The molecule has 2 heterocycles. The van der Waals surface area contributed by atoms with Crippen LogP contribution in [0.25, 0.3) is 0 Å². The number of aromatic nitrogens is 2. The molecular weight excluding hydrogens is 1720 g/mol. The lowest BCUT2D eigenvalue weighted by molar-refractivity contribution is -0.143. The van der Waals surface area contributed by atoms with Gasteiger partial charge < -0.3 is 120 Å². The third-order valence-electron chi connectivity index (χ3n) is 21.4. The minimum Gasteiger partial charge on any atom is -0.508 e. The van der Waals surface area contributed by atoms with Gasteiger partial charge in [0.1, 0.15) is 90.3 Å². The van der Waals surface area contributed by atoms with Crippen molar-refractivity contribution in [1.29, 1.82) is 0 Å². The molecule has 0 fully saturated rings. The number of para-hydroxylation sites is 1. The first-order chi connectivity index (χ1) is 61.7. The van der Waals surface area contributed by atoms with Gasteiger partial charge in [-0.15, -0.1) is 0 Å². The van der Waals surface area contributed by atoms with E-state index in [-0.39, 0.29) is 56.4 Å². The normalized spacial score (nSPS) is 15.7. The van der Waals surface area contributed by atoms with Gasteiger partial charge in [-0.1, -0.05) is 129 Å². The van der Waals surface area contributed by atoms with Gasteiger partial charge in [-0.25, -0.2) is 9.78 Å². The molecule has 1 unspecified atom stereocenters. The lowest BCUT2D eigenvalue weighted by atomic mass is 9.92. The molecular formula is C86H117N17O28. The number of hydrogen-bond donors (Lipinski definition) is 23. The van der Waals surface area contributed by atoms with Crippen molar-refractivity contribution in [3.63, 3.8) is 0 Å². The minimum absolute atomic E-state index is 0.180. The zero-order chi connectivity index (χ0) is 97.8. The second-order valence-electron chi connectivity index (χ2n) is 32.7. The summed E-state index contributed by atoms with van der Waals surface area (Å²) in [5.41, 5.74) is 1.95. The van der Waals surface area contributed by atoms with Gasteiger partial charge in [0.15, 0.2) is 0 Å². The van der Waals surface area contributed by atoms with E-state index in [9.17, 15) is 131 Å². The number of carbonyl (C=O) groups is 21. The molecule has 23 N–H and O–H groups in total. The lowest BCUT2D eigenvalue weighted by Gasteiger charge is -2.31. The van der Waals surface area contributed by atoms with E-state index >= 15 is 0 Å². The number of fused-ring (bicyclic) bond motifs is 1. The van der Waals surface area contributed by atoms with Gasteiger partial charge in [0.05, 0.1) is 37.2 Å². The van der Waals surface area contributed by atoms with Crippen LogP contribution < -0.4 is 79.8 Å². The molecule has 1 aliphatic heterocycles. The standard InChI is InChI=1S/C86H117N17O28/c1-11-43(7)70(84(128)100-62(86(130)131)36-52-51-20-16-17-21-53(51)92-74(52)118)103-85(129)71(44(8)12-2)102-82(126)61(38-68(114)115)98-78(122)56(32-41(3)4)96-80(124)59(35-49-39-87-40-88-49)95-72(116)45(9)90-77(121)57(33-47-18-14-13-15-19-47)97-79(123)58(34-48-22-24-50(104)25-23-48)99-83(127)69(42(5)6)101-73(117)46(10)89-75(119)54(26-29-64(106)107)93-76(120)55(27-30-65(108)109)94-81(125)60(37-67(112)113)91-63(105)28-31-66(110)111/h13-25,39-46,52,54-62,69-71,104H,11-12,26-38H2,1-10H3,(H,87,88)(H,89,119)(H,90,121)(H,91,105)(H,92,118)(H,93,120)(H,94,125)(H,95,116)(H,96,124)(H,97,123)(H,98,122)(H,99,127)(H,100,128)(H,101,117)(H,102,126)(H,103,129)(H,106,107)(H,108,109)(H,110,111)(H,112,113)(H,114,115)(H,130,131)/t43-,44-,45-,46-,52?,54-,55-,56-,57-,58-,59-,60-,61-,62+,69-,70-,71-/m0/s1. The van der Waals surface area contributed by atoms with E-state index in [2.05, 4.69) is 84.4 Å². The van der Waals surface area contributed by atoms with Crippen molar-refractivity contribution in [2.24, 2.45) is 23.7 Å². The molecule has 0 spiro atoms. The number of H-pyrrole nitrogens is 1. The number of carboxylic acid groups (broad SMARTS) is 6. The minimum atomic E-state index is -1.96. The number of nitrogens with one attached hydrogen (secondary N) is 16. The smallest absolute Gasteiger partial charge is 0.326 e. The molecule has 15 amide bonds. The van der Waals surface area contributed by atoms with Gasteiger partial charge in [0.2, 0.25) is 88.6 Å². The third-order valence-corrected chi connectivity index (χ3v) is 21.4. The fourth-order valence-electron chi connectivity index (χ4n) is 13.6. The highest BCUT2D eigenvalue weighted by Gasteiger charge is 2.42. The number of carbonyl (C=O) groups excluding carboxylic acids is 15. The molecule has 17 atom stereocenters. The number of nitrogens with zero attached hydrogens (tertiary/aromatic N) is 1. The van der Waals surface area contributed by atoms with Crippen LogP contribution in [-0.2, 0) is 120 Å². The van der Waals surface area contributed by atoms with E-state index in [0.717, 1.165) is 6.92 Å². The van der Waals surface area contributed by atoms with Crippen LogP contribution in [-0.4, -0.2) is 255 Å². The summed E-state index contributed by atoms with van der Waals surface area (Å²) in [5, 5.41) is 105. The quantitative estimate of drug-likeness (QED) is 0.0240. The van der Waals surface area contributed by atoms with Crippen molar-refractivity contribution in [2.75, 3.05) is 5.32 Å². The first kappa shape index (κ1) is 107. The highest BCUT2D eigenvalue weighted by Crippen LogP contribution is 2.35. The Kier molecular flexibility index (Phi) is 42.6. The number of phenolic OH excluding ortho intramolecular Hbond substituents is 1. The van der Waals surface area contributed by atoms with Gasteiger partial charge in [-0.2, -0.15) is 0 Å². The summed E-state index contributed by atoms with van der Waals surface area (Å²) in [6, 6.07) is -3.52. The number of anilines is 1. The summed E-state index contributed by atoms with van der Waals surface area (Å²) in [6.45, 7) is 15.2. The topological polar surface area (TPSA) is 709 Å². The molecule has 131 heavy (non-hydrogen) atoms. The van der Waals surface area contributed by atoms with Gasteiger partial charge in [-0.3, -0.25) is 95.9 Å². The molecule has 0 saturated heterocycles. The molecule has 3 aromatic carbocycles. The van der Waals surface area contributed by atoms with Crippen LogP contribution in [0.4, 0.5) is 5.69 Å². The van der Waals surface area contributed by atoms with Gasteiger partial charge in [0, 0.05) is 50.4 Å². The van der Waals surface area contributed by atoms with Crippen LogP contribution in [0.1, 0.15) is 175 Å². The largest absolute Gasteiger partial charge is 0.508 e. The summed E-state index contributed by atoms with van der Waals surface area (Å²) in [4.78, 5) is 290. The lowest BCUT2D eigenvalue weighted by Crippen LogP contribution is -2.62. The fraction of sp³-hybridized carbons (Fsp3) is 0.512. The molecule has 5 rings (SSSR count). The third kappa shape index (κ3) is 35.6. The van der Waals surface area contributed by atoms with Crippen molar-refractivity contribution in [1.82, 2.24) is 84.4 Å². The van der Waals surface area contributed by atoms with E-state index in [1.165, 1.54) is 57.6 Å². The summed E-state index contributed by atoms with van der Waals surface area (Å²) in [7, 11) is 0. The van der Waals surface area contributed by atoms with Crippen LogP contribution in [0, 0.1) is 23.7 Å². The monoisotopic (exact) mass is 1840 g/mol. The second kappa shape index (κ2) is 52.1. The summed E-state index contributed by atoms with van der Waals surface area (Å²) in [5.74, 6) is -28.9. The van der Waals surface area contributed by atoms with Gasteiger partial charge in [-0.05, 0) is 98.1 Å². The number of benzene rings is 3.